The molecule has 1 heterocycles. The molecular weight excluding hydrogens is 454 g/mol. The number of hydrogen-bond acceptors (Lipinski definition) is 5. The Balaban J connectivity index is 1.40. The van der Waals surface area contributed by atoms with Gasteiger partial charge in [0.25, 0.3) is 11.8 Å². The molecule has 2 amide bonds. The lowest BCUT2D eigenvalue weighted by Crippen LogP contribution is -2.43. The molecule has 36 heavy (non-hydrogen) atoms. The van der Waals surface area contributed by atoms with Crippen LogP contribution in [0.15, 0.2) is 103 Å². The zero-order chi connectivity index (χ0) is 24.9. The number of carbonyl (C=O) groups is 2. The van der Waals surface area contributed by atoms with Gasteiger partial charge in [0.15, 0.2) is 18.1 Å². The van der Waals surface area contributed by atoms with Gasteiger partial charge in [-0.25, -0.2) is 0 Å². The number of anilines is 3. The molecule has 1 unspecified atom stereocenters. The highest BCUT2D eigenvalue weighted by molar-refractivity contribution is 6.12. The smallest absolute Gasteiger partial charge is 0.262 e. The number of amides is 2. The topological polar surface area (TPSA) is 79.9 Å². The summed E-state index contributed by atoms with van der Waals surface area (Å²) >= 11 is 0. The lowest BCUT2D eigenvalue weighted by molar-refractivity contribution is -0.118. The molecule has 2 N–H and O–H groups in total. The number of benzene rings is 4. The van der Waals surface area contributed by atoms with E-state index >= 15 is 0 Å². The minimum absolute atomic E-state index is 0.0996. The van der Waals surface area contributed by atoms with Gasteiger partial charge in [0.2, 0.25) is 0 Å². The van der Waals surface area contributed by atoms with Gasteiger partial charge in [-0.05, 0) is 54.1 Å². The Kier molecular flexibility index (Phi) is 6.53. The Morgan fingerprint density at radius 2 is 1.58 bits per heavy atom. The zero-order valence-corrected chi connectivity index (χ0v) is 19.7. The van der Waals surface area contributed by atoms with Crippen LogP contribution in [0.1, 0.15) is 22.1 Å². The highest BCUT2D eigenvalue weighted by Crippen LogP contribution is 2.39. The van der Waals surface area contributed by atoms with Gasteiger partial charge in [-0.2, -0.15) is 0 Å². The lowest BCUT2D eigenvalue weighted by Gasteiger charge is -2.38. The fourth-order valence-electron chi connectivity index (χ4n) is 4.18. The zero-order valence-electron chi connectivity index (χ0n) is 19.7. The van der Waals surface area contributed by atoms with E-state index in [1.54, 1.807) is 18.1 Å². The van der Waals surface area contributed by atoms with Crippen molar-refractivity contribution in [2.24, 2.45) is 0 Å². The average molecular weight is 480 g/mol. The van der Waals surface area contributed by atoms with E-state index in [-0.39, 0.29) is 18.4 Å². The van der Waals surface area contributed by atoms with E-state index in [0.717, 1.165) is 16.9 Å². The molecule has 7 nitrogen and oxygen atoms in total. The summed E-state index contributed by atoms with van der Waals surface area (Å²) in [6, 6.07) is 31.6. The minimum atomic E-state index is -0.473. The molecular formula is C29H25N3O4. The number of nitrogens with zero attached hydrogens (tertiary/aromatic N) is 1. The summed E-state index contributed by atoms with van der Waals surface area (Å²) in [5, 5.41) is 6.28. The van der Waals surface area contributed by atoms with Crippen LogP contribution in [-0.4, -0.2) is 25.5 Å². The van der Waals surface area contributed by atoms with Crippen LogP contribution in [0.2, 0.25) is 0 Å². The SMILES string of the molecule is COc1cc(C2Nc3ccccc3C(=O)N2c2ccccc2)ccc1OCC(=O)Nc1ccccc1. The second-order valence-corrected chi connectivity index (χ2v) is 8.22. The molecule has 5 rings (SSSR count). The second kappa shape index (κ2) is 10.2. The van der Waals surface area contributed by atoms with Gasteiger partial charge in [0.1, 0.15) is 6.17 Å². The third kappa shape index (κ3) is 4.72. The normalized spacial score (nSPS) is 14.4. The van der Waals surface area contributed by atoms with Gasteiger partial charge in [-0.15, -0.1) is 0 Å². The van der Waals surface area contributed by atoms with E-state index in [2.05, 4.69) is 10.6 Å². The fraction of sp³-hybridized carbons (Fsp3) is 0.103. The molecule has 0 bridgehead atoms. The molecule has 7 heteroatoms. The number of hydrogen-bond donors (Lipinski definition) is 2. The predicted octanol–water partition coefficient (Wildman–Crippen LogP) is 5.48. The predicted molar refractivity (Wildman–Crippen MR) is 140 cm³/mol. The Morgan fingerprint density at radius 1 is 0.889 bits per heavy atom. The standard InChI is InChI=1S/C29H25N3O4/c1-35-26-18-20(16-17-25(26)36-19-27(33)30-21-10-4-2-5-11-21)28-31-24-15-9-8-14-23(24)29(34)32(28)22-12-6-3-7-13-22/h2-18,28,31H,19H2,1H3,(H,30,33). The maximum atomic E-state index is 13.5. The number of ether oxygens (including phenoxy) is 2. The first-order valence-electron chi connectivity index (χ1n) is 11.5. The summed E-state index contributed by atoms with van der Waals surface area (Å²) in [5.41, 5.74) is 3.64. The van der Waals surface area contributed by atoms with Crippen LogP contribution in [0, 0.1) is 0 Å². The Hall–Kier alpha value is -4.78. The number of rotatable bonds is 7. The van der Waals surface area contributed by atoms with E-state index < -0.39 is 6.17 Å². The van der Waals surface area contributed by atoms with E-state index in [0.29, 0.717) is 22.7 Å². The summed E-state index contributed by atoms with van der Waals surface area (Å²) in [4.78, 5) is 27.6. The van der Waals surface area contributed by atoms with Crippen molar-refractivity contribution in [3.63, 3.8) is 0 Å². The molecule has 0 aromatic heterocycles. The third-order valence-electron chi connectivity index (χ3n) is 5.88. The molecule has 180 valence electrons. The highest BCUT2D eigenvalue weighted by Gasteiger charge is 2.34. The summed E-state index contributed by atoms with van der Waals surface area (Å²) in [6.07, 6.45) is -0.473. The largest absolute Gasteiger partial charge is 0.493 e. The molecule has 1 aliphatic heterocycles. The molecule has 0 fully saturated rings. The van der Waals surface area contributed by atoms with Crippen molar-refractivity contribution in [2.75, 3.05) is 29.3 Å². The molecule has 0 radical (unpaired) electrons. The van der Waals surface area contributed by atoms with Crippen molar-refractivity contribution in [1.29, 1.82) is 0 Å². The molecule has 1 atom stereocenters. The number of carbonyl (C=O) groups excluding carboxylic acids is 2. The van der Waals surface area contributed by atoms with Gasteiger partial charge in [-0.1, -0.05) is 54.6 Å². The average Bonchev–Trinajstić information content (AvgIpc) is 2.93. The first kappa shape index (κ1) is 23.0. The van der Waals surface area contributed by atoms with Crippen molar-refractivity contribution in [1.82, 2.24) is 0 Å². The summed E-state index contributed by atoms with van der Waals surface area (Å²) in [5.74, 6) is 0.510. The van der Waals surface area contributed by atoms with Crippen LogP contribution in [0.5, 0.6) is 11.5 Å². The second-order valence-electron chi connectivity index (χ2n) is 8.22. The van der Waals surface area contributed by atoms with Crippen molar-refractivity contribution < 1.29 is 19.1 Å². The van der Waals surface area contributed by atoms with Gasteiger partial charge >= 0.3 is 0 Å². The van der Waals surface area contributed by atoms with Crippen LogP contribution >= 0.6 is 0 Å². The Bertz CT molecular complexity index is 1380. The number of methoxy groups -OCH3 is 1. The molecule has 1 aliphatic rings. The monoisotopic (exact) mass is 479 g/mol. The minimum Gasteiger partial charge on any atom is -0.493 e. The van der Waals surface area contributed by atoms with Crippen LogP contribution in [0.3, 0.4) is 0 Å². The van der Waals surface area contributed by atoms with Gasteiger partial charge < -0.3 is 20.1 Å². The van der Waals surface area contributed by atoms with Crippen LogP contribution in [0.4, 0.5) is 17.1 Å². The number of nitrogens with one attached hydrogen (secondary N) is 2. The van der Waals surface area contributed by atoms with Gasteiger partial charge in [0.05, 0.1) is 12.7 Å². The fourth-order valence-corrected chi connectivity index (χ4v) is 4.18. The number of fused-ring (bicyclic) bond motifs is 1. The maximum absolute atomic E-state index is 13.5. The van der Waals surface area contributed by atoms with E-state index in [1.807, 2.05) is 97.1 Å². The molecule has 0 aliphatic carbocycles. The molecule has 0 saturated carbocycles. The third-order valence-corrected chi connectivity index (χ3v) is 5.88. The van der Waals surface area contributed by atoms with Crippen LogP contribution in [-0.2, 0) is 4.79 Å². The van der Waals surface area contributed by atoms with Crippen molar-refractivity contribution in [3.8, 4) is 11.5 Å². The van der Waals surface area contributed by atoms with Crippen LogP contribution in [0.25, 0.3) is 0 Å². The van der Waals surface area contributed by atoms with E-state index in [4.69, 9.17) is 9.47 Å². The maximum Gasteiger partial charge on any atom is 0.262 e. The summed E-state index contributed by atoms with van der Waals surface area (Å²) in [7, 11) is 1.54. The molecule has 4 aromatic rings. The highest BCUT2D eigenvalue weighted by atomic mass is 16.5. The van der Waals surface area contributed by atoms with Gasteiger partial charge in [-0.3, -0.25) is 14.5 Å². The van der Waals surface area contributed by atoms with E-state index in [1.165, 1.54) is 0 Å². The number of para-hydroxylation sites is 3. The van der Waals surface area contributed by atoms with E-state index in [9.17, 15) is 9.59 Å². The van der Waals surface area contributed by atoms with Crippen molar-refractivity contribution in [2.45, 2.75) is 6.17 Å². The van der Waals surface area contributed by atoms with Crippen molar-refractivity contribution in [3.05, 3.63) is 114 Å². The first-order valence-corrected chi connectivity index (χ1v) is 11.5. The summed E-state index contributed by atoms with van der Waals surface area (Å²) < 4.78 is 11.3. The van der Waals surface area contributed by atoms with Crippen molar-refractivity contribution >= 4 is 28.9 Å². The Morgan fingerprint density at radius 3 is 2.33 bits per heavy atom. The van der Waals surface area contributed by atoms with Crippen LogP contribution < -0.4 is 25.0 Å². The first-order chi connectivity index (χ1) is 17.6. The Labute approximate surface area is 209 Å². The molecule has 0 saturated heterocycles. The van der Waals surface area contributed by atoms with Gasteiger partial charge in [0, 0.05) is 17.1 Å². The summed E-state index contributed by atoms with van der Waals surface area (Å²) in [6.45, 7) is -0.172. The molecule has 4 aromatic carbocycles. The molecule has 0 spiro atoms. The quantitative estimate of drug-likeness (QED) is 0.367. The lowest BCUT2D eigenvalue weighted by atomic mass is 10.0.